The predicted molar refractivity (Wildman–Crippen MR) is 89.8 cm³/mol. The third-order valence-electron chi connectivity index (χ3n) is 2.98. The first-order chi connectivity index (χ1) is 9.87. The molecule has 21 heavy (non-hydrogen) atoms. The number of hydrogen-bond donors (Lipinski definition) is 2. The molecule has 0 bridgehead atoms. The highest BCUT2D eigenvalue weighted by molar-refractivity contribution is 7.91. The van der Waals surface area contributed by atoms with E-state index in [-0.39, 0.29) is 10.7 Å². The van der Waals surface area contributed by atoms with Crippen LogP contribution in [-0.4, -0.2) is 13.4 Å². The van der Waals surface area contributed by atoms with Crippen LogP contribution in [0, 0.1) is 6.92 Å². The Morgan fingerprint density at radius 2 is 1.90 bits per heavy atom. The minimum atomic E-state index is -3.49. The molecule has 0 saturated heterocycles. The molecule has 0 aliphatic carbocycles. The number of nitrogens with two attached hydrogens (primary N) is 1. The number of para-hydroxylation sites is 1. The maximum atomic E-state index is 12.2. The quantitative estimate of drug-likeness (QED) is 0.831. The monoisotopic (exact) mass is 320 g/mol. The molecular weight excluding hydrogens is 304 g/mol. The lowest BCUT2D eigenvalue weighted by Crippen LogP contribution is -2.16. The zero-order valence-corrected chi connectivity index (χ0v) is 13.2. The van der Waals surface area contributed by atoms with Gasteiger partial charge < -0.3 is 5.73 Å². The summed E-state index contributed by atoms with van der Waals surface area (Å²) in [6.45, 7) is 1.85. The summed E-state index contributed by atoms with van der Waals surface area (Å²) < 4.78 is 27.0. The van der Waals surface area contributed by atoms with E-state index in [1.165, 1.54) is 0 Å². The molecule has 2 rings (SSSR count). The minimum Gasteiger partial charge on any atom is -0.389 e. The van der Waals surface area contributed by atoms with Crippen molar-refractivity contribution < 1.29 is 8.42 Å². The maximum absolute atomic E-state index is 12.2. The summed E-state index contributed by atoms with van der Waals surface area (Å²) in [4.78, 5) is 0.251. The van der Waals surface area contributed by atoms with E-state index in [2.05, 4.69) is 4.72 Å². The predicted octanol–water partition coefficient (Wildman–Crippen LogP) is 2.57. The van der Waals surface area contributed by atoms with Gasteiger partial charge in [0, 0.05) is 5.56 Å². The molecule has 2 aromatic rings. The fourth-order valence-electron chi connectivity index (χ4n) is 1.92. The fraction of sp³-hybridized carbons (Fsp3) is 0.133. The lowest BCUT2D eigenvalue weighted by molar-refractivity contribution is 0.600. The first-order valence-corrected chi connectivity index (χ1v) is 8.38. The maximum Gasteiger partial charge on any atom is 0.236 e. The highest BCUT2D eigenvalue weighted by Crippen LogP contribution is 2.17. The highest BCUT2D eigenvalue weighted by Gasteiger charge is 2.13. The number of sulfonamides is 1. The standard InChI is InChI=1S/C15H16N2O2S2/c1-11-5-2-3-8-14(11)17-21(18,19)10-12-6-4-7-13(9-12)15(16)20/h2-9,17H,10H2,1H3,(H2,16,20). The molecule has 2 aromatic carbocycles. The molecule has 0 amide bonds. The van der Waals surface area contributed by atoms with Crippen molar-refractivity contribution in [2.75, 3.05) is 4.72 Å². The van der Waals surface area contributed by atoms with E-state index in [0.717, 1.165) is 5.56 Å². The Labute approximate surface area is 130 Å². The molecule has 0 fully saturated rings. The van der Waals surface area contributed by atoms with Crippen LogP contribution >= 0.6 is 12.2 Å². The van der Waals surface area contributed by atoms with Crippen LogP contribution in [0.25, 0.3) is 0 Å². The smallest absolute Gasteiger partial charge is 0.236 e. The Morgan fingerprint density at radius 3 is 2.57 bits per heavy atom. The summed E-state index contributed by atoms with van der Waals surface area (Å²) >= 11 is 4.90. The summed E-state index contributed by atoms with van der Waals surface area (Å²) in [5, 5.41) is 0. The summed E-state index contributed by atoms with van der Waals surface area (Å²) in [5.74, 6) is -0.127. The van der Waals surface area contributed by atoms with Gasteiger partial charge in [0.1, 0.15) is 4.99 Å². The molecule has 0 radical (unpaired) electrons. The number of aryl methyl sites for hydroxylation is 1. The van der Waals surface area contributed by atoms with Crippen LogP contribution in [0.2, 0.25) is 0 Å². The van der Waals surface area contributed by atoms with Gasteiger partial charge in [0.2, 0.25) is 10.0 Å². The third kappa shape index (κ3) is 4.27. The Balaban J connectivity index is 2.20. The zero-order valence-electron chi connectivity index (χ0n) is 11.5. The van der Waals surface area contributed by atoms with E-state index in [1.54, 1.807) is 36.4 Å². The van der Waals surface area contributed by atoms with Crippen LogP contribution in [0.15, 0.2) is 48.5 Å². The van der Waals surface area contributed by atoms with E-state index in [0.29, 0.717) is 16.8 Å². The molecule has 0 atom stereocenters. The number of rotatable bonds is 5. The number of hydrogen-bond acceptors (Lipinski definition) is 3. The van der Waals surface area contributed by atoms with E-state index in [4.69, 9.17) is 18.0 Å². The molecule has 0 aliphatic rings. The van der Waals surface area contributed by atoms with Crippen LogP contribution in [0.4, 0.5) is 5.69 Å². The normalized spacial score (nSPS) is 11.1. The van der Waals surface area contributed by atoms with Gasteiger partial charge in [0.25, 0.3) is 0 Å². The first-order valence-electron chi connectivity index (χ1n) is 6.32. The number of thiocarbonyl (C=S) groups is 1. The molecular formula is C15H16N2O2S2. The number of nitrogens with one attached hydrogen (secondary N) is 1. The van der Waals surface area contributed by atoms with Gasteiger partial charge >= 0.3 is 0 Å². The summed E-state index contributed by atoms with van der Waals surface area (Å²) in [6, 6.07) is 14.2. The van der Waals surface area contributed by atoms with E-state index >= 15 is 0 Å². The largest absolute Gasteiger partial charge is 0.389 e. The van der Waals surface area contributed by atoms with Gasteiger partial charge in [0.15, 0.2) is 0 Å². The molecule has 0 unspecified atom stereocenters. The number of benzene rings is 2. The van der Waals surface area contributed by atoms with E-state index in [1.807, 2.05) is 19.1 Å². The van der Waals surface area contributed by atoms with Crippen LogP contribution in [0.1, 0.15) is 16.7 Å². The van der Waals surface area contributed by atoms with Gasteiger partial charge in [-0.15, -0.1) is 0 Å². The lowest BCUT2D eigenvalue weighted by atomic mass is 10.1. The minimum absolute atomic E-state index is 0.127. The zero-order chi connectivity index (χ0) is 15.5. The Bertz CT molecular complexity index is 771. The van der Waals surface area contributed by atoms with Crippen molar-refractivity contribution >= 4 is 32.9 Å². The van der Waals surface area contributed by atoms with E-state index < -0.39 is 10.0 Å². The van der Waals surface area contributed by atoms with Crippen molar-refractivity contribution in [1.82, 2.24) is 0 Å². The van der Waals surface area contributed by atoms with Crippen LogP contribution in [0.3, 0.4) is 0 Å². The highest BCUT2D eigenvalue weighted by atomic mass is 32.2. The van der Waals surface area contributed by atoms with Crippen molar-refractivity contribution in [3.63, 3.8) is 0 Å². The van der Waals surface area contributed by atoms with Gasteiger partial charge in [-0.05, 0) is 30.2 Å². The van der Waals surface area contributed by atoms with Gasteiger partial charge in [-0.1, -0.05) is 48.6 Å². The van der Waals surface area contributed by atoms with E-state index in [9.17, 15) is 8.42 Å². The van der Waals surface area contributed by atoms with Gasteiger partial charge in [-0.2, -0.15) is 0 Å². The molecule has 0 saturated carbocycles. The van der Waals surface area contributed by atoms with Crippen LogP contribution < -0.4 is 10.5 Å². The molecule has 0 heterocycles. The fourth-order valence-corrected chi connectivity index (χ4v) is 3.31. The average Bonchev–Trinajstić information content (AvgIpc) is 2.41. The molecule has 4 nitrogen and oxygen atoms in total. The van der Waals surface area contributed by atoms with Crippen molar-refractivity contribution in [2.24, 2.45) is 5.73 Å². The van der Waals surface area contributed by atoms with Crippen molar-refractivity contribution in [3.8, 4) is 0 Å². The summed E-state index contributed by atoms with van der Waals surface area (Å²) in [5.41, 5.74) is 8.32. The second-order valence-corrected chi connectivity index (χ2v) is 6.90. The van der Waals surface area contributed by atoms with Crippen molar-refractivity contribution in [3.05, 3.63) is 65.2 Å². The number of anilines is 1. The Kier molecular flexibility index (Phi) is 4.59. The molecule has 0 aliphatic heterocycles. The van der Waals surface area contributed by atoms with Crippen molar-refractivity contribution in [1.29, 1.82) is 0 Å². The average molecular weight is 320 g/mol. The molecule has 0 aromatic heterocycles. The first kappa shape index (κ1) is 15.5. The lowest BCUT2D eigenvalue weighted by Gasteiger charge is -2.11. The molecule has 110 valence electrons. The Morgan fingerprint density at radius 1 is 1.19 bits per heavy atom. The Hall–Kier alpha value is -1.92. The van der Waals surface area contributed by atoms with Crippen LogP contribution in [0.5, 0.6) is 0 Å². The molecule has 0 spiro atoms. The van der Waals surface area contributed by atoms with Gasteiger partial charge in [-0.3, -0.25) is 4.72 Å². The van der Waals surface area contributed by atoms with Crippen molar-refractivity contribution in [2.45, 2.75) is 12.7 Å². The SMILES string of the molecule is Cc1ccccc1NS(=O)(=O)Cc1cccc(C(N)=S)c1. The second kappa shape index (κ2) is 6.24. The van der Waals surface area contributed by atoms with Gasteiger partial charge in [-0.25, -0.2) is 8.42 Å². The van der Waals surface area contributed by atoms with Crippen LogP contribution in [-0.2, 0) is 15.8 Å². The summed E-state index contributed by atoms with van der Waals surface area (Å²) in [7, 11) is -3.49. The molecule has 6 heteroatoms. The second-order valence-electron chi connectivity index (χ2n) is 4.74. The molecule has 3 N–H and O–H groups in total. The third-order valence-corrected chi connectivity index (χ3v) is 4.46. The summed E-state index contributed by atoms with van der Waals surface area (Å²) in [6.07, 6.45) is 0. The van der Waals surface area contributed by atoms with Gasteiger partial charge in [0.05, 0.1) is 11.4 Å². The topological polar surface area (TPSA) is 72.2 Å².